The second kappa shape index (κ2) is 7.42. The fourth-order valence-corrected chi connectivity index (χ4v) is 3.58. The summed E-state index contributed by atoms with van der Waals surface area (Å²) in [7, 11) is 0. The first-order chi connectivity index (χ1) is 13.5. The number of anilines is 1. The first kappa shape index (κ1) is 18.2. The maximum Gasteiger partial charge on any atom is 0.274 e. The summed E-state index contributed by atoms with van der Waals surface area (Å²) < 4.78 is 1.88. The molecule has 1 aliphatic rings. The summed E-state index contributed by atoms with van der Waals surface area (Å²) in [5.74, 6) is 0.812. The van der Waals surface area contributed by atoms with Gasteiger partial charge >= 0.3 is 0 Å². The minimum absolute atomic E-state index is 0.0893. The van der Waals surface area contributed by atoms with Gasteiger partial charge in [0, 0.05) is 24.2 Å². The smallest absolute Gasteiger partial charge is 0.274 e. The summed E-state index contributed by atoms with van der Waals surface area (Å²) in [6, 6.07) is 11.8. The highest BCUT2D eigenvalue weighted by atomic mass is 16.2. The van der Waals surface area contributed by atoms with E-state index in [0.29, 0.717) is 36.9 Å². The summed E-state index contributed by atoms with van der Waals surface area (Å²) in [6.45, 7) is 5.33. The number of rotatable bonds is 4. The molecular weight excluding hydrogens is 352 g/mol. The third-order valence-corrected chi connectivity index (χ3v) is 4.94. The molecule has 0 saturated heterocycles. The molecule has 0 spiro atoms. The summed E-state index contributed by atoms with van der Waals surface area (Å²) in [6.07, 6.45) is 3.00. The Morgan fingerprint density at radius 1 is 1.21 bits per heavy atom. The molecule has 0 atom stereocenters. The van der Waals surface area contributed by atoms with Crippen LogP contribution >= 0.6 is 0 Å². The molecule has 2 aromatic heterocycles. The first-order valence-electron chi connectivity index (χ1n) is 9.54. The number of amides is 1. The molecule has 0 fully saturated rings. The van der Waals surface area contributed by atoms with E-state index in [9.17, 15) is 4.79 Å². The van der Waals surface area contributed by atoms with Crippen molar-refractivity contribution >= 4 is 11.7 Å². The summed E-state index contributed by atoms with van der Waals surface area (Å²) in [5, 5.41) is 4.65. The summed E-state index contributed by atoms with van der Waals surface area (Å²) in [4.78, 5) is 23.3. The molecule has 0 aliphatic carbocycles. The monoisotopic (exact) mass is 376 g/mol. The molecule has 144 valence electrons. The van der Waals surface area contributed by atoms with Crippen LogP contribution in [-0.4, -0.2) is 37.1 Å². The Balaban J connectivity index is 1.65. The van der Waals surface area contributed by atoms with Gasteiger partial charge in [-0.25, -0.2) is 14.6 Å². The largest absolute Gasteiger partial charge is 0.383 e. The fraction of sp³-hybridized carbons (Fsp3) is 0.333. The Morgan fingerprint density at radius 3 is 2.75 bits per heavy atom. The van der Waals surface area contributed by atoms with Crippen LogP contribution in [0.5, 0.6) is 0 Å². The lowest BCUT2D eigenvalue weighted by molar-refractivity contribution is 0.0727. The highest BCUT2D eigenvalue weighted by Gasteiger charge is 2.27. The van der Waals surface area contributed by atoms with Gasteiger partial charge in [-0.1, -0.05) is 32.0 Å². The maximum absolute atomic E-state index is 13.2. The minimum Gasteiger partial charge on any atom is -0.383 e. The second-order valence-corrected chi connectivity index (χ2v) is 7.53. The van der Waals surface area contributed by atoms with E-state index in [1.165, 1.54) is 6.33 Å². The minimum atomic E-state index is -0.0893. The summed E-state index contributed by atoms with van der Waals surface area (Å²) >= 11 is 0. The van der Waals surface area contributed by atoms with Crippen molar-refractivity contribution in [3.8, 4) is 5.69 Å². The second-order valence-electron chi connectivity index (χ2n) is 7.53. The molecule has 2 N–H and O–H groups in total. The van der Waals surface area contributed by atoms with Gasteiger partial charge in [0.2, 0.25) is 0 Å². The first-order valence-corrected chi connectivity index (χ1v) is 9.54. The third kappa shape index (κ3) is 3.47. The van der Waals surface area contributed by atoms with Gasteiger partial charge in [-0.15, -0.1) is 0 Å². The molecule has 1 amide bonds. The van der Waals surface area contributed by atoms with Gasteiger partial charge in [0.05, 0.1) is 17.9 Å². The molecule has 0 bridgehead atoms. The van der Waals surface area contributed by atoms with Crippen LogP contribution in [0.1, 0.15) is 41.3 Å². The van der Waals surface area contributed by atoms with E-state index >= 15 is 0 Å². The van der Waals surface area contributed by atoms with Crippen LogP contribution in [0.25, 0.3) is 5.69 Å². The van der Waals surface area contributed by atoms with E-state index in [1.807, 2.05) is 41.1 Å². The van der Waals surface area contributed by atoms with Crippen molar-refractivity contribution in [1.29, 1.82) is 0 Å². The van der Waals surface area contributed by atoms with E-state index in [-0.39, 0.29) is 5.91 Å². The number of para-hydroxylation sites is 1. The number of hydrogen-bond donors (Lipinski definition) is 1. The van der Waals surface area contributed by atoms with Crippen LogP contribution in [0.2, 0.25) is 0 Å². The van der Waals surface area contributed by atoms with Crippen LogP contribution in [-0.2, 0) is 19.4 Å². The van der Waals surface area contributed by atoms with Gasteiger partial charge in [-0.2, -0.15) is 5.10 Å². The highest BCUT2D eigenvalue weighted by molar-refractivity contribution is 5.92. The van der Waals surface area contributed by atoms with Crippen molar-refractivity contribution < 1.29 is 4.79 Å². The van der Waals surface area contributed by atoms with Gasteiger partial charge < -0.3 is 10.6 Å². The van der Waals surface area contributed by atoms with Crippen molar-refractivity contribution in [1.82, 2.24) is 24.6 Å². The zero-order chi connectivity index (χ0) is 19.7. The maximum atomic E-state index is 13.2. The molecule has 28 heavy (non-hydrogen) atoms. The molecule has 0 radical (unpaired) electrons. The fourth-order valence-electron chi connectivity index (χ4n) is 3.58. The van der Waals surface area contributed by atoms with Crippen LogP contribution in [0.15, 0.2) is 42.7 Å². The molecule has 7 heteroatoms. The molecule has 7 nitrogen and oxygen atoms in total. The van der Waals surface area contributed by atoms with Gasteiger partial charge in [-0.05, 0) is 30.5 Å². The Labute approximate surface area is 164 Å². The van der Waals surface area contributed by atoms with E-state index in [4.69, 9.17) is 5.73 Å². The van der Waals surface area contributed by atoms with Crippen LogP contribution in [0.3, 0.4) is 0 Å². The summed E-state index contributed by atoms with van der Waals surface area (Å²) in [5.41, 5.74) is 10.2. The number of nitrogen functional groups attached to an aromatic ring is 1. The number of nitrogens with two attached hydrogens (primary N) is 1. The average molecular weight is 376 g/mol. The molecule has 1 aromatic carbocycles. The SMILES string of the molecule is CC(C)Cc1cc(C(=O)N2CCc3ncnc(N)c3C2)nn1-c1ccccc1. The number of hydrogen-bond acceptors (Lipinski definition) is 5. The van der Waals surface area contributed by atoms with Crippen LogP contribution in [0, 0.1) is 5.92 Å². The number of carbonyl (C=O) groups is 1. The number of aromatic nitrogens is 4. The molecule has 4 rings (SSSR count). The van der Waals surface area contributed by atoms with E-state index in [1.54, 1.807) is 4.90 Å². The predicted octanol–water partition coefficient (Wildman–Crippen LogP) is 2.64. The number of nitrogens with zero attached hydrogens (tertiary/aromatic N) is 5. The van der Waals surface area contributed by atoms with Crippen LogP contribution < -0.4 is 5.73 Å². The number of carbonyl (C=O) groups excluding carboxylic acids is 1. The molecule has 1 aliphatic heterocycles. The Morgan fingerprint density at radius 2 is 2.00 bits per heavy atom. The van der Waals surface area contributed by atoms with E-state index in [2.05, 4.69) is 28.9 Å². The normalized spacial score (nSPS) is 13.6. The van der Waals surface area contributed by atoms with E-state index in [0.717, 1.165) is 29.1 Å². The topological polar surface area (TPSA) is 89.9 Å². The highest BCUT2D eigenvalue weighted by Crippen LogP contribution is 2.23. The Bertz CT molecular complexity index is 995. The lowest BCUT2D eigenvalue weighted by atomic mass is 10.1. The molecule has 3 aromatic rings. The van der Waals surface area contributed by atoms with Crippen molar-refractivity contribution in [2.75, 3.05) is 12.3 Å². The predicted molar refractivity (Wildman–Crippen MR) is 107 cm³/mol. The van der Waals surface area contributed by atoms with Gasteiger partial charge in [0.1, 0.15) is 12.1 Å². The molecular formula is C21H24N6O. The molecule has 0 unspecified atom stereocenters. The Hall–Kier alpha value is -3.22. The lowest BCUT2D eigenvalue weighted by Gasteiger charge is -2.27. The van der Waals surface area contributed by atoms with Gasteiger partial charge in [-0.3, -0.25) is 4.79 Å². The van der Waals surface area contributed by atoms with Crippen molar-refractivity contribution in [3.63, 3.8) is 0 Å². The van der Waals surface area contributed by atoms with Crippen LogP contribution in [0.4, 0.5) is 5.82 Å². The zero-order valence-electron chi connectivity index (χ0n) is 16.2. The van der Waals surface area contributed by atoms with Crippen molar-refractivity contribution in [2.24, 2.45) is 5.92 Å². The zero-order valence-corrected chi connectivity index (χ0v) is 16.2. The van der Waals surface area contributed by atoms with Gasteiger partial charge in [0.15, 0.2) is 5.69 Å². The Kier molecular flexibility index (Phi) is 4.81. The van der Waals surface area contributed by atoms with E-state index < -0.39 is 0 Å². The van der Waals surface area contributed by atoms with Crippen molar-refractivity contribution in [2.45, 2.75) is 33.2 Å². The lowest BCUT2D eigenvalue weighted by Crippen LogP contribution is -2.37. The molecule has 3 heterocycles. The average Bonchev–Trinajstić information content (AvgIpc) is 3.11. The number of benzene rings is 1. The quantitative estimate of drug-likeness (QED) is 0.756. The standard InChI is InChI=1S/C21H24N6O/c1-14(2)10-16-11-19(25-27(16)15-6-4-3-5-7-15)21(28)26-9-8-18-17(12-26)20(22)24-13-23-18/h3-7,11,13-14H,8-10,12H2,1-2H3,(H2,22,23,24). The van der Waals surface area contributed by atoms with Crippen molar-refractivity contribution in [3.05, 3.63) is 65.4 Å². The molecule has 0 saturated carbocycles. The third-order valence-electron chi connectivity index (χ3n) is 4.94. The van der Waals surface area contributed by atoms with Gasteiger partial charge in [0.25, 0.3) is 5.91 Å². The number of fused-ring (bicyclic) bond motifs is 1.